The molecule has 0 saturated carbocycles. The fourth-order valence-corrected chi connectivity index (χ4v) is 10.9. The molecule has 0 fully saturated rings. The smallest absolute Gasteiger partial charge is 0.337 e. The third-order valence-electron chi connectivity index (χ3n) is 12.0. The zero-order chi connectivity index (χ0) is 61.2. The molecule has 4 amide bonds. The van der Waals surface area contributed by atoms with Crippen molar-refractivity contribution < 1.29 is 86.1 Å². The molecule has 0 bridgehead atoms. The van der Waals surface area contributed by atoms with Gasteiger partial charge in [0.25, 0.3) is 52.3 Å². The molecule has 0 saturated heterocycles. The van der Waals surface area contributed by atoms with E-state index in [0.717, 1.165) is 95.0 Å². The highest BCUT2D eigenvalue weighted by atomic mass is 32.2. The molecule has 0 radical (unpaired) electrons. The molecule has 2 unspecified atom stereocenters. The summed E-state index contributed by atoms with van der Waals surface area (Å²) in [5.74, 6) is -4.25. The first-order chi connectivity index (χ1) is 39.4. The molecule has 2 atom stereocenters. The van der Waals surface area contributed by atoms with E-state index in [1.807, 2.05) is 0 Å². The van der Waals surface area contributed by atoms with Gasteiger partial charge in [0.1, 0.15) is 19.6 Å². The average molecular weight is 1230 g/mol. The second kappa shape index (κ2) is 23.5. The SMILES string of the molecule is CC1=NN(c2ccc(/C=C/c3ccc(NC(=O)Nc4ccc(/C=C/c5ccc(N6N=C(C)C(N=Nc7ccccc7C(=O)O)C6=O)cc5S(=O)(=O)O)c(S(=O)(=O)O)c4)cc3S(=O)(=O)O)c(S(=O)(=O)O)c2)C(=O)C1N=Nc1ccccc1C(=O)O. The van der Waals surface area contributed by atoms with Gasteiger partial charge in [0.05, 0.1) is 45.3 Å². The second-order valence-electron chi connectivity index (χ2n) is 17.8. The van der Waals surface area contributed by atoms with Gasteiger partial charge in [0.2, 0.25) is 0 Å². The highest BCUT2D eigenvalue weighted by molar-refractivity contribution is 7.86. The lowest BCUT2D eigenvalue weighted by molar-refractivity contribution is -0.118. The highest BCUT2D eigenvalue weighted by Gasteiger charge is 2.37. The molecule has 0 spiro atoms. The normalized spacial score (nSPS) is 16.1. The number of carbonyl (C=O) groups excluding carboxylic acids is 3. The molecular formula is C51H40N10O19S4. The van der Waals surface area contributed by atoms with Crippen LogP contribution < -0.4 is 20.7 Å². The Hall–Kier alpha value is -9.87. The maximum atomic E-state index is 13.4. The predicted octanol–water partition coefficient (Wildman–Crippen LogP) is 7.80. The Morgan fingerprint density at radius 1 is 0.476 bits per heavy atom. The summed E-state index contributed by atoms with van der Waals surface area (Å²) >= 11 is 0. The van der Waals surface area contributed by atoms with E-state index in [1.165, 1.54) is 74.5 Å². The number of nitrogens with one attached hydrogen (secondary N) is 2. The van der Waals surface area contributed by atoms with Crippen LogP contribution in [0.15, 0.2) is 172 Å². The monoisotopic (exact) mass is 1220 g/mol. The van der Waals surface area contributed by atoms with Gasteiger partial charge in [-0.05, 0) is 109 Å². The molecule has 29 nitrogen and oxygen atoms in total. The molecule has 6 aromatic rings. The van der Waals surface area contributed by atoms with Crippen LogP contribution >= 0.6 is 0 Å². The van der Waals surface area contributed by atoms with Gasteiger partial charge in [0.15, 0.2) is 12.1 Å². The number of anilines is 4. The van der Waals surface area contributed by atoms with E-state index >= 15 is 0 Å². The zero-order valence-corrected chi connectivity index (χ0v) is 46.0. The Kier molecular flexibility index (Phi) is 16.9. The number of hydrogen-bond donors (Lipinski definition) is 8. The number of nitrogens with zero attached hydrogens (tertiary/aromatic N) is 8. The minimum atomic E-state index is -5.13. The number of hydrogen-bond acceptors (Lipinski definition) is 19. The van der Waals surface area contributed by atoms with Crippen molar-refractivity contribution in [1.29, 1.82) is 0 Å². The number of aromatic carboxylic acids is 2. The Balaban J connectivity index is 0.974. The summed E-state index contributed by atoms with van der Waals surface area (Å²) in [6, 6.07) is 19.9. The van der Waals surface area contributed by atoms with Crippen molar-refractivity contribution in [3.63, 3.8) is 0 Å². The van der Waals surface area contributed by atoms with Crippen molar-refractivity contribution in [2.24, 2.45) is 30.7 Å². The number of carboxylic acid groups (broad SMARTS) is 2. The van der Waals surface area contributed by atoms with E-state index in [-0.39, 0.29) is 78.9 Å². The number of rotatable bonds is 18. The van der Waals surface area contributed by atoms with Crippen molar-refractivity contribution >= 4 is 140 Å². The molecule has 0 aromatic heterocycles. The first-order valence-corrected chi connectivity index (χ1v) is 29.3. The maximum Gasteiger partial charge on any atom is 0.337 e. The van der Waals surface area contributed by atoms with E-state index in [1.54, 1.807) is 0 Å². The summed E-state index contributed by atoms with van der Waals surface area (Å²) in [6.45, 7) is 2.83. The summed E-state index contributed by atoms with van der Waals surface area (Å²) in [5, 5.41) is 49.0. The second-order valence-corrected chi connectivity index (χ2v) is 23.3. The van der Waals surface area contributed by atoms with Gasteiger partial charge >= 0.3 is 18.0 Å². The van der Waals surface area contributed by atoms with Crippen LogP contribution in [0.5, 0.6) is 0 Å². The lowest BCUT2D eigenvalue weighted by atomic mass is 10.1. The Morgan fingerprint density at radius 3 is 1.11 bits per heavy atom. The third kappa shape index (κ3) is 13.5. The van der Waals surface area contributed by atoms with Gasteiger partial charge in [-0.1, -0.05) is 72.8 Å². The molecule has 2 aliphatic rings. The number of azo groups is 2. The van der Waals surface area contributed by atoms with E-state index in [2.05, 4.69) is 41.3 Å². The average Bonchev–Trinajstić information content (AvgIpc) is 3.74. The van der Waals surface area contributed by atoms with Crippen molar-refractivity contribution in [1.82, 2.24) is 0 Å². The van der Waals surface area contributed by atoms with E-state index < -0.39 is 102 Å². The van der Waals surface area contributed by atoms with Crippen LogP contribution in [0, 0.1) is 0 Å². The topological polar surface area (TPSA) is 448 Å². The minimum Gasteiger partial charge on any atom is -0.478 e. The van der Waals surface area contributed by atoms with Crippen LogP contribution in [0.3, 0.4) is 0 Å². The largest absolute Gasteiger partial charge is 0.478 e. The summed E-state index contributed by atoms with van der Waals surface area (Å²) in [4.78, 5) is 60.0. The van der Waals surface area contributed by atoms with Crippen molar-refractivity contribution in [2.75, 3.05) is 20.7 Å². The van der Waals surface area contributed by atoms with Crippen molar-refractivity contribution in [3.8, 4) is 0 Å². The molecular weight excluding hydrogens is 1180 g/mol. The molecule has 2 heterocycles. The van der Waals surface area contributed by atoms with E-state index in [0.29, 0.717) is 0 Å². The van der Waals surface area contributed by atoms with Gasteiger partial charge in [-0.2, -0.15) is 74.3 Å². The molecule has 84 heavy (non-hydrogen) atoms. The molecule has 2 aliphatic heterocycles. The Morgan fingerprint density at radius 2 is 0.786 bits per heavy atom. The van der Waals surface area contributed by atoms with Crippen LogP contribution in [0.1, 0.15) is 56.8 Å². The lowest BCUT2D eigenvalue weighted by Gasteiger charge is -2.15. The number of amides is 4. The summed E-state index contributed by atoms with van der Waals surface area (Å²) in [7, 11) is -20.4. The summed E-state index contributed by atoms with van der Waals surface area (Å²) in [6.07, 6.45) is 4.14. The van der Waals surface area contributed by atoms with Crippen molar-refractivity contribution in [3.05, 3.63) is 155 Å². The first-order valence-electron chi connectivity index (χ1n) is 23.5. The van der Waals surface area contributed by atoms with Gasteiger partial charge in [-0.15, -0.1) is 0 Å². The van der Waals surface area contributed by atoms with Gasteiger partial charge < -0.3 is 20.8 Å². The fourth-order valence-electron chi connectivity index (χ4n) is 8.10. The van der Waals surface area contributed by atoms with Crippen LogP contribution in [-0.4, -0.2) is 115 Å². The van der Waals surface area contributed by atoms with Gasteiger partial charge in [0, 0.05) is 11.4 Å². The molecule has 6 aromatic carbocycles. The van der Waals surface area contributed by atoms with Crippen LogP contribution in [0.2, 0.25) is 0 Å². The van der Waals surface area contributed by atoms with E-state index in [4.69, 9.17) is 0 Å². The maximum absolute atomic E-state index is 13.4. The molecule has 432 valence electrons. The number of hydrazone groups is 2. The summed E-state index contributed by atoms with van der Waals surface area (Å²) in [5.41, 5.74) is -2.35. The van der Waals surface area contributed by atoms with E-state index in [9.17, 15) is 86.1 Å². The number of carboxylic acids is 2. The Labute approximate surface area is 475 Å². The Bertz CT molecular complexity index is 4190. The molecule has 8 rings (SSSR count). The lowest BCUT2D eigenvalue weighted by Crippen LogP contribution is -2.29. The third-order valence-corrected chi connectivity index (χ3v) is 15.7. The summed E-state index contributed by atoms with van der Waals surface area (Å²) < 4.78 is 142. The predicted molar refractivity (Wildman–Crippen MR) is 300 cm³/mol. The fraction of sp³-hybridized carbons (Fsp3) is 0.0784. The van der Waals surface area contributed by atoms with Gasteiger partial charge in [-0.25, -0.2) is 14.4 Å². The molecule has 0 aliphatic carbocycles. The van der Waals surface area contributed by atoms with Crippen LogP contribution in [-0.2, 0) is 50.1 Å². The quantitative estimate of drug-likeness (QED) is 0.0231. The first kappa shape index (κ1) is 60.2. The molecule has 8 N–H and O–H groups in total. The molecule has 33 heteroatoms. The number of benzene rings is 6. The number of urea groups is 1. The van der Waals surface area contributed by atoms with Crippen LogP contribution in [0.4, 0.5) is 38.9 Å². The van der Waals surface area contributed by atoms with Gasteiger partial charge in [-0.3, -0.25) is 27.8 Å². The van der Waals surface area contributed by atoms with Crippen LogP contribution in [0.25, 0.3) is 24.3 Å². The standard InChI is InChI=1S/C51H40N10O19S4/c1-27-45(56-54-39-9-5-3-7-37(39)49(64)65)47(62)60(58-27)35-21-17-31(43(25-35)83(75,76)77)13-11-29-15-19-33(23-41(29)81(69,70)71)52-51(68)53-34-20-16-30(42(24-34)82(72,73)74)12-14-32-18-22-36(26-44(32)84(78,79)80)61-48(63)46(28(2)59-61)57-55-40-10-6-4-8-38(40)50(66)67/h3-26,45-46H,1-2H3,(H,64,65)(H,66,67)(H2,52,53,68)(H,69,70,71)(H,72,73,74)(H,75,76,77)(H,78,79,80)/b13-11+,14-12+,56-54?,57-55?. The number of carbonyl (C=O) groups is 5. The highest BCUT2D eigenvalue weighted by Crippen LogP contribution is 2.33. The van der Waals surface area contributed by atoms with Crippen molar-refractivity contribution in [2.45, 2.75) is 45.5 Å². The zero-order valence-electron chi connectivity index (χ0n) is 42.7. The minimum absolute atomic E-state index is 0.0592.